The van der Waals surface area contributed by atoms with E-state index in [1.54, 1.807) is 0 Å². The number of carbonyl (C=O) groups is 1. The Bertz CT molecular complexity index is 257. The smallest absolute Gasteiger partial charge is 0.228 e. The van der Waals surface area contributed by atoms with Crippen molar-refractivity contribution in [3.8, 4) is 0 Å². The fraction of sp³-hybridized carbons (Fsp3) is 0.750. The van der Waals surface area contributed by atoms with Crippen molar-refractivity contribution in [1.29, 1.82) is 0 Å². The van der Waals surface area contributed by atoms with Crippen LogP contribution in [0.4, 0.5) is 0 Å². The van der Waals surface area contributed by atoms with Crippen LogP contribution in [0, 0.1) is 5.41 Å². The molecule has 0 bridgehead atoms. The lowest BCUT2D eigenvalue weighted by Crippen LogP contribution is -2.50. The van der Waals surface area contributed by atoms with Crippen molar-refractivity contribution in [2.24, 2.45) is 5.41 Å². The van der Waals surface area contributed by atoms with Crippen LogP contribution in [-0.4, -0.2) is 41.9 Å². The predicted molar refractivity (Wildman–Crippen MR) is 62.4 cm³/mol. The van der Waals surface area contributed by atoms with E-state index in [1.807, 2.05) is 32.6 Å². The first-order chi connectivity index (χ1) is 6.82. The van der Waals surface area contributed by atoms with E-state index >= 15 is 0 Å². The molecule has 1 aliphatic heterocycles. The van der Waals surface area contributed by atoms with Crippen LogP contribution in [0.5, 0.6) is 0 Å². The van der Waals surface area contributed by atoms with Gasteiger partial charge in [0.25, 0.3) is 0 Å². The second kappa shape index (κ2) is 4.25. The Hall–Kier alpha value is -0.990. The van der Waals surface area contributed by atoms with Crippen molar-refractivity contribution in [1.82, 2.24) is 9.80 Å². The normalized spacial score (nSPS) is 17.9. The number of piperazine rings is 1. The predicted octanol–water partition coefficient (Wildman–Crippen LogP) is 1.71. The van der Waals surface area contributed by atoms with Crippen LogP contribution in [-0.2, 0) is 4.79 Å². The molecule has 3 heteroatoms. The minimum Gasteiger partial charge on any atom is -0.372 e. The van der Waals surface area contributed by atoms with E-state index in [2.05, 4.69) is 11.5 Å². The first kappa shape index (κ1) is 12.1. The largest absolute Gasteiger partial charge is 0.372 e. The number of carbonyl (C=O) groups excluding carboxylic acids is 1. The van der Waals surface area contributed by atoms with Crippen molar-refractivity contribution in [2.45, 2.75) is 27.7 Å². The molecule has 3 nitrogen and oxygen atoms in total. The molecule has 86 valence electrons. The average molecular weight is 210 g/mol. The number of rotatable bonds is 1. The van der Waals surface area contributed by atoms with Crippen molar-refractivity contribution in [2.75, 3.05) is 26.2 Å². The Labute approximate surface area is 92.7 Å². The third-order valence-corrected chi connectivity index (χ3v) is 2.75. The van der Waals surface area contributed by atoms with E-state index in [-0.39, 0.29) is 11.3 Å². The molecule has 15 heavy (non-hydrogen) atoms. The third-order valence-electron chi connectivity index (χ3n) is 2.75. The van der Waals surface area contributed by atoms with Crippen LogP contribution < -0.4 is 0 Å². The van der Waals surface area contributed by atoms with E-state index in [0.29, 0.717) is 0 Å². The fourth-order valence-corrected chi connectivity index (χ4v) is 1.77. The second-order valence-electron chi connectivity index (χ2n) is 5.26. The zero-order valence-electron chi connectivity index (χ0n) is 10.3. The van der Waals surface area contributed by atoms with Gasteiger partial charge >= 0.3 is 0 Å². The highest BCUT2D eigenvalue weighted by Gasteiger charge is 2.29. The zero-order chi connectivity index (χ0) is 11.6. The lowest BCUT2D eigenvalue weighted by Gasteiger charge is -2.38. The highest BCUT2D eigenvalue weighted by Crippen LogP contribution is 2.19. The summed E-state index contributed by atoms with van der Waals surface area (Å²) in [7, 11) is 0. The summed E-state index contributed by atoms with van der Waals surface area (Å²) in [5.74, 6) is 0.254. The van der Waals surface area contributed by atoms with E-state index < -0.39 is 0 Å². The van der Waals surface area contributed by atoms with Gasteiger partial charge in [-0.15, -0.1) is 0 Å². The quantitative estimate of drug-likeness (QED) is 0.658. The Morgan fingerprint density at radius 3 is 1.80 bits per heavy atom. The number of allylic oxidation sites excluding steroid dienone is 1. The minimum atomic E-state index is -0.259. The van der Waals surface area contributed by atoms with Gasteiger partial charge in [0.15, 0.2) is 0 Å². The number of nitrogens with zero attached hydrogens (tertiary/aromatic N) is 2. The van der Waals surface area contributed by atoms with Crippen LogP contribution in [0.15, 0.2) is 12.3 Å². The molecule has 1 aliphatic rings. The lowest BCUT2D eigenvalue weighted by atomic mass is 9.94. The molecule has 0 radical (unpaired) electrons. The van der Waals surface area contributed by atoms with Gasteiger partial charge in [-0.3, -0.25) is 4.79 Å². The summed E-state index contributed by atoms with van der Waals surface area (Å²) in [6.45, 7) is 15.3. The fourth-order valence-electron chi connectivity index (χ4n) is 1.77. The molecule has 1 rings (SSSR count). The Balaban J connectivity index is 2.51. The number of amides is 1. The first-order valence-electron chi connectivity index (χ1n) is 5.52. The average Bonchev–Trinajstić information content (AvgIpc) is 2.15. The topological polar surface area (TPSA) is 23.6 Å². The summed E-state index contributed by atoms with van der Waals surface area (Å²) < 4.78 is 0. The summed E-state index contributed by atoms with van der Waals surface area (Å²) in [5.41, 5.74) is 0.837. The molecule has 0 aromatic rings. The number of hydrogen-bond donors (Lipinski definition) is 0. The van der Waals surface area contributed by atoms with Crippen LogP contribution in [0.3, 0.4) is 0 Å². The maximum absolute atomic E-state index is 12.0. The van der Waals surface area contributed by atoms with Gasteiger partial charge in [0.2, 0.25) is 5.91 Å². The molecule has 1 saturated heterocycles. The molecule has 1 heterocycles. The molecule has 0 N–H and O–H groups in total. The van der Waals surface area contributed by atoms with E-state index in [0.717, 1.165) is 31.9 Å². The Kier molecular flexibility index (Phi) is 3.42. The monoisotopic (exact) mass is 210 g/mol. The summed E-state index contributed by atoms with van der Waals surface area (Å²) in [4.78, 5) is 16.2. The van der Waals surface area contributed by atoms with Gasteiger partial charge in [-0.1, -0.05) is 27.4 Å². The van der Waals surface area contributed by atoms with Crippen molar-refractivity contribution >= 4 is 5.91 Å². The molecule has 1 amide bonds. The van der Waals surface area contributed by atoms with Crippen LogP contribution >= 0.6 is 0 Å². The molecular weight excluding hydrogens is 188 g/mol. The maximum Gasteiger partial charge on any atom is 0.228 e. The van der Waals surface area contributed by atoms with Gasteiger partial charge < -0.3 is 9.80 Å². The van der Waals surface area contributed by atoms with Gasteiger partial charge in [-0.2, -0.15) is 0 Å². The van der Waals surface area contributed by atoms with Crippen LogP contribution in [0.1, 0.15) is 27.7 Å². The van der Waals surface area contributed by atoms with E-state index in [1.165, 1.54) is 0 Å². The highest BCUT2D eigenvalue weighted by atomic mass is 16.2. The second-order valence-corrected chi connectivity index (χ2v) is 5.26. The van der Waals surface area contributed by atoms with Gasteiger partial charge in [0.05, 0.1) is 0 Å². The molecule has 0 aliphatic carbocycles. The molecule has 0 saturated carbocycles. The Morgan fingerprint density at radius 2 is 1.47 bits per heavy atom. The molecule has 1 fully saturated rings. The SMILES string of the molecule is C=C(C)N1CCN(C(=O)C(C)(C)C)CC1. The van der Waals surface area contributed by atoms with E-state index in [9.17, 15) is 4.79 Å². The first-order valence-corrected chi connectivity index (χ1v) is 5.52. The van der Waals surface area contributed by atoms with Crippen molar-refractivity contribution < 1.29 is 4.79 Å². The summed E-state index contributed by atoms with van der Waals surface area (Å²) in [6.07, 6.45) is 0. The van der Waals surface area contributed by atoms with E-state index in [4.69, 9.17) is 0 Å². The van der Waals surface area contributed by atoms with Gasteiger partial charge in [0.1, 0.15) is 0 Å². The molecule has 0 aromatic carbocycles. The van der Waals surface area contributed by atoms with Gasteiger partial charge in [0, 0.05) is 37.3 Å². The molecule has 0 aromatic heterocycles. The molecular formula is C12H22N2O. The van der Waals surface area contributed by atoms with Gasteiger partial charge in [-0.05, 0) is 6.92 Å². The summed E-state index contributed by atoms with van der Waals surface area (Å²) >= 11 is 0. The highest BCUT2D eigenvalue weighted by molar-refractivity contribution is 5.81. The molecule has 0 atom stereocenters. The lowest BCUT2D eigenvalue weighted by molar-refractivity contribution is -0.141. The summed E-state index contributed by atoms with van der Waals surface area (Å²) in [5, 5.41) is 0. The van der Waals surface area contributed by atoms with Crippen LogP contribution in [0.25, 0.3) is 0 Å². The zero-order valence-corrected chi connectivity index (χ0v) is 10.3. The van der Waals surface area contributed by atoms with Gasteiger partial charge in [-0.25, -0.2) is 0 Å². The summed E-state index contributed by atoms with van der Waals surface area (Å²) in [6, 6.07) is 0. The van der Waals surface area contributed by atoms with Crippen molar-refractivity contribution in [3.05, 3.63) is 12.3 Å². The van der Waals surface area contributed by atoms with Crippen molar-refractivity contribution in [3.63, 3.8) is 0 Å². The maximum atomic E-state index is 12.0. The third kappa shape index (κ3) is 2.98. The molecule has 0 spiro atoms. The Morgan fingerprint density at radius 1 is 1.07 bits per heavy atom. The number of hydrogen-bond acceptors (Lipinski definition) is 2. The van der Waals surface area contributed by atoms with Crippen LogP contribution in [0.2, 0.25) is 0 Å². The minimum absolute atomic E-state index is 0.254. The standard InChI is InChI=1S/C12H22N2O/c1-10(2)13-6-8-14(9-7-13)11(15)12(3,4)5/h1,6-9H2,2-5H3. The molecule has 0 unspecified atom stereocenters.